The lowest BCUT2D eigenvalue weighted by atomic mass is 10.2. The predicted molar refractivity (Wildman–Crippen MR) is 62.0 cm³/mol. The van der Waals surface area contributed by atoms with Crippen LogP contribution < -0.4 is 4.72 Å². The van der Waals surface area contributed by atoms with Crippen LogP contribution in [0.4, 0.5) is 0 Å². The van der Waals surface area contributed by atoms with E-state index in [1.54, 1.807) is 18.5 Å². The fourth-order valence-electron chi connectivity index (χ4n) is 1.19. The summed E-state index contributed by atoms with van der Waals surface area (Å²) in [4.78, 5) is 14.1. The maximum absolute atomic E-state index is 11.3. The lowest BCUT2D eigenvalue weighted by Gasteiger charge is -2.05. The third-order valence-electron chi connectivity index (χ3n) is 2.04. The molecule has 6 nitrogen and oxygen atoms in total. The van der Waals surface area contributed by atoms with Gasteiger partial charge >= 0.3 is 5.97 Å². The number of nitrogens with one attached hydrogen (secondary N) is 1. The van der Waals surface area contributed by atoms with Crippen LogP contribution in [0.5, 0.6) is 0 Å². The molecule has 0 aliphatic rings. The van der Waals surface area contributed by atoms with Crippen LogP contribution in [-0.2, 0) is 21.2 Å². The van der Waals surface area contributed by atoms with Crippen LogP contribution in [0, 0.1) is 0 Å². The van der Waals surface area contributed by atoms with Crippen LogP contribution in [0.25, 0.3) is 0 Å². The number of aromatic nitrogens is 1. The second kappa shape index (κ2) is 6.31. The van der Waals surface area contributed by atoms with E-state index in [0.29, 0.717) is 6.42 Å². The smallest absolute Gasteiger partial charge is 0.304 e. The van der Waals surface area contributed by atoms with E-state index in [9.17, 15) is 13.2 Å². The van der Waals surface area contributed by atoms with Crippen LogP contribution in [0.2, 0.25) is 0 Å². The van der Waals surface area contributed by atoms with Gasteiger partial charge in [0.15, 0.2) is 0 Å². The van der Waals surface area contributed by atoms with E-state index in [2.05, 4.69) is 9.71 Å². The van der Waals surface area contributed by atoms with Crippen molar-refractivity contribution in [3.63, 3.8) is 0 Å². The fourth-order valence-corrected chi connectivity index (χ4v) is 2.19. The van der Waals surface area contributed by atoms with E-state index in [4.69, 9.17) is 5.11 Å². The molecule has 0 spiro atoms. The number of hydrogen-bond acceptors (Lipinski definition) is 4. The molecular formula is C10H14N2O4S. The molecule has 94 valence electrons. The van der Waals surface area contributed by atoms with Gasteiger partial charge in [-0.3, -0.25) is 9.78 Å². The molecule has 1 aromatic heterocycles. The van der Waals surface area contributed by atoms with E-state index < -0.39 is 21.7 Å². The van der Waals surface area contributed by atoms with E-state index >= 15 is 0 Å². The summed E-state index contributed by atoms with van der Waals surface area (Å²) in [7, 11) is -3.50. The Morgan fingerprint density at radius 2 is 2.24 bits per heavy atom. The molecule has 1 heterocycles. The fraction of sp³-hybridized carbons (Fsp3) is 0.400. The maximum atomic E-state index is 11.3. The number of hydrogen-bond donors (Lipinski definition) is 2. The van der Waals surface area contributed by atoms with Gasteiger partial charge in [0.25, 0.3) is 0 Å². The van der Waals surface area contributed by atoms with Crippen LogP contribution >= 0.6 is 0 Å². The molecular weight excluding hydrogens is 244 g/mol. The van der Waals surface area contributed by atoms with Gasteiger partial charge in [-0.15, -0.1) is 0 Å². The Kier molecular flexibility index (Phi) is 5.05. The van der Waals surface area contributed by atoms with Gasteiger partial charge in [0.05, 0.1) is 12.2 Å². The van der Waals surface area contributed by atoms with Crippen molar-refractivity contribution in [2.45, 2.75) is 12.8 Å². The molecule has 0 atom stereocenters. The van der Waals surface area contributed by atoms with Crippen molar-refractivity contribution in [2.75, 3.05) is 12.3 Å². The Bertz CT molecular complexity index is 458. The average molecular weight is 258 g/mol. The summed E-state index contributed by atoms with van der Waals surface area (Å²) in [6, 6.07) is 3.62. The van der Waals surface area contributed by atoms with Crippen molar-refractivity contribution >= 4 is 16.0 Å². The molecule has 0 unspecified atom stereocenters. The third-order valence-corrected chi connectivity index (χ3v) is 3.43. The molecule has 0 amide bonds. The molecule has 0 fully saturated rings. The van der Waals surface area contributed by atoms with Gasteiger partial charge in [0.1, 0.15) is 0 Å². The van der Waals surface area contributed by atoms with Crippen LogP contribution in [0.15, 0.2) is 24.5 Å². The number of rotatable bonds is 7. The Morgan fingerprint density at radius 3 is 2.82 bits per heavy atom. The number of carboxylic acid groups (broad SMARTS) is 1. The Morgan fingerprint density at radius 1 is 1.47 bits per heavy atom. The first kappa shape index (κ1) is 13.6. The molecule has 0 radical (unpaired) electrons. The Balaban J connectivity index is 2.33. The molecule has 0 aliphatic heterocycles. The van der Waals surface area contributed by atoms with Gasteiger partial charge < -0.3 is 5.11 Å². The minimum atomic E-state index is -3.50. The molecule has 7 heteroatoms. The minimum Gasteiger partial charge on any atom is -0.481 e. The predicted octanol–water partition coefficient (Wildman–Crippen LogP) is 0.0182. The molecule has 0 aromatic carbocycles. The van der Waals surface area contributed by atoms with Gasteiger partial charge in [-0.05, 0) is 18.1 Å². The largest absolute Gasteiger partial charge is 0.481 e. The molecule has 17 heavy (non-hydrogen) atoms. The van der Waals surface area contributed by atoms with Gasteiger partial charge in [0.2, 0.25) is 10.0 Å². The normalized spacial score (nSPS) is 11.3. The third kappa shape index (κ3) is 5.98. The van der Waals surface area contributed by atoms with E-state index in [1.165, 1.54) is 0 Å². The van der Waals surface area contributed by atoms with Crippen molar-refractivity contribution in [3.05, 3.63) is 30.1 Å². The monoisotopic (exact) mass is 258 g/mol. The van der Waals surface area contributed by atoms with Crippen LogP contribution in [0.3, 0.4) is 0 Å². The van der Waals surface area contributed by atoms with Gasteiger partial charge in [0, 0.05) is 18.9 Å². The Labute approximate surface area is 99.7 Å². The average Bonchev–Trinajstić information content (AvgIpc) is 2.28. The van der Waals surface area contributed by atoms with Crippen molar-refractivity contribution in [1.29, 1.82) is 0 Å². The summed E-state index contributed by atoms with van der Waals surface area (Å²) in [5.41, 5.74) is 0.924. The molecule has 1 aromatic rings. The lowest BCUT2D eigenvalue weighted by Crippen LogP contribution is -2.29. The van der Waals surface area contributed by atoms with Gasteiger partial charge in [-0.25, -0.2) is 13.1 Å². The number of sulfonamides is 1. The maximum Gasteiger partial charge on any atom is 0.304 e. The number of carboxylic acids is 1. The molecule has 0 saturated carbocycles. The van der Waals surface area contributed by atoms with Crippen molar-refractivity contribution in [1.82, 2.24) is 9.71 Å². The number of pyridine rings is 1. The number of aliphatic carboxylic acids is 1. The summed E-state index contributed by atoms with van der Waals surface area (Å²) in [5.74, 6) is -1.52. The topological polar surface area (TPSA) is 96.4 Å². The highest BCUT2D eigenvalue weighted by Crippen LogP contribution is 1.97. The second-order valence-electron chi connectivity index (χ2n) is 3.47. The van der Waals surface area contributed by atoms with E-state index in [-0.39, 0.29) is 13.0 Å². The van der Waals surface area contributed by atoms with Crippen LogP contribution in [0.1, 0.15) is 12.0 Å². The molecule has 0 bridgehead atoms. The highest BCUT2D eigenvalue weighted by atomic mass is 32.2. The number of carbonyl (C=O) groups is 1. The van der Waals surface area contributed by atoms with Crippen molar-refractivity contribution < 1.29 is 18.3 Å². The van der Waals surface area contributed by atoms with Gasteiger partial charge in [-0.2, -0.15) is 0 Å². The first-order valence-electron chi connectivity index (χ1n) is 5.07. The SMILES string of the molecule is O=C(O)CCS(=O)(=O)NCCc1cccnc1. The standard InChI is InChI=1S/C10H14N2O4S/c13-10(14)4-7-17(15,16)12-6-3-9-2-1-5-11-8-9/h1-2,5,8,12H,3-4,6-7H2,(H,13,14). The zero-order chi connectivity index (χ0) is 12.7. The lowest BCUT2D eigenvalue weighted by molar-refractivity contribution is -0.136. The molecule has 1 rings (SSSR count). The summed E-state index contributed by atoms with van der Waals surface area (Å²) in [6.45, 7) is 0.244. The van der Waals surface area contributed by atoms with E-state index in [0.717, 1.165) is 5.56 Å². The molecule has 2 N–H and O–H groups in total. The highest BCUT2D eigenvalue weighted by Gasteiger charge is 2.11. The quantitative estimate of drug-likeness (QED) is 0.718. The summed E-state index contributed by atoms with van der Waals surface area (Å²) in [6.07, 6.45) is 3.44. The summed E-state index contributed by atoms with van der Waals surface area (Å²) >= 11 is 0. The Hall–Kier alpha value is -1.47. The van der Waals surface area contributed by atoms with Crippen LogP contribution in [-0.4, -0.2) is 36.8 Å². The zero-order valence-corrected chi connectivity index (χ0v) is 9.98. The van der Waals surface area contributed by atoms with Crippen molar-refractivity contribution in [3.8, 4) is 0 Å². The van der Waals surface area contributed by atoms with E-state index in [1.807, 2.05) is 6.07 Å². The summed E-state index contributed by atoms with van der Waals surface area (Å²) in [5, 5.41) is 8.38. The second-order valence-corrected chi connectivity index (χ2v) is 5.39. The molecule has 0 saturated heterocycles. The summed E-state index contributed by atoms with van der Waals surface area (Å²) < 4.78 is 25.0. The first-order chi connectivity index (χ1) is 7.99. The zero-order valence-electron chi connectivity index (χ0n) is 9.17. The molecule has 0 aliphatic carbocycles. The minimum absolute atomic E-state index is 0.244. The number of nitrogens with zero attached hydrogens (tertiary/aromatic N) is 1. The first-order valence-corrected chi connectivity index (χ1v) is 6.73. The highest BCUT2D eigenvalue weighted by molar-refractivity contribution is 7.89. The van der Waals surface area contributed by atoms with Gasteiger partial charge in [-0.1, -0.05) is 6.07 Å². The van der Waals surface area contributed by atoms with Crippen molar-refractivity contribution in [2.24, 2.45) is 0 Å².